The van der Waals surface area contributed by atoms with Gasteiger partial charge in [-0.05, 0) is 119 Å². The molecule has 1 aliphatic rings. The Morgan fingerprint density at radius 2 is 0.880 bits per heavy atom. The largest absolute Gasteiger partial charge is 0.573 e. The van der Waals surface area contributed by atoms with Gasteiger partial charge in [-0.1, -0.05) is 91.0 Å². The van der Waals surface area contributed by atoms with E-state index in [4.69, 9.17) is 9.47 Å². The van der Waals surface area contributed by atoms with Gasteiger partial charge in [0.2, 0.25) is 11.8 Å². The van der Waals surface area contributed by atoms with Crippen LogP contribution in [0.5, 0.6) is 17.2 Å². The molecule has 117 heavy (non-hydrogen) atoms. The molecule has 0 saturated heterocycles. The van der Waals surface area contributed by atoms with E-state index in [1.807, 2.05) is 126 Å². The monoisotopic (exact) mass is 1580 g/mol. The molecule has 0 saturated carbocycles. The third-order valence-corrected chi connectivity index (χ3v) is 21.2. The molecule has 19 rings (SSSR count). The summed E-state index contributed by atoms with van der Waals surface area (Å²) in [4.78, 5) is 59.2. The second-order valence-electron chi connectivity index (χ2n) is 27.8. The van der Waals surface area contributed by atoms with Crippen LogP contribution in [0.2, 0.25) is 0 Å². The van der Waals surface area contributed by atoms with Crippen molar-refractivity contribution in [2.75, 3.05) is 51.2 Å². The third-order valence-electron chi connectivity index (χ3n) is 19.7. The van der Waals surface area contributed by atoms with Crippen molar-refractivity contribution >= 4 is 77.3 Å². The van der Waals surface area contributed by atoms with Gasteiger partial charge >= 0.3 is 6.36 Å². The highest BCUT2D eigenvalue weighted by atomic mass is 32.2. The lowest BCUT2D eigenvalue weighted by Gasteiger charge is -2.18. The average molecular weight is 1580 g/mol. The van der Waals surface area contributed by atoms with E-state index in [2.05, 4.69) is 141 Å². The highest BCUT2D eigenvalue weighted by Gasteiger charge is 2.31. The van der Waals surface area contributed by atoms with Crippen molar-refractivity contribution in [3.05, 3.63) is 281 Å². The fraction of sp³-hybridized carbons (Fsp3) is 0.114. The normalized spacial score (nSPS) is 11.9. The van der Waals surface area contributed by atoms with Crippen molar-refractivity contribution in [2.24, 2.45) is 0 Å². The van der Waals surface area contributed by atoms with Crippen molar-refractivity contribution in [3.63, 3.8) is 0 Å². The van der Waals surface area contributed by atoms with Gasteiger partial charge in [0.15, 0.2) is 11.5 Å². The molecule has 6 aromatic carbocycles. The molecule has 1 aliphatic heterocycles. The number of ether oxygens (including phenoxy) is 3. The molecule has 584 valence electrons. The number of alkyl halides is 3. The summed E-state index contributed by atoms with van der Waals surface area (Å²) in [6.45, 7) is 2.55. The first-order valence-corrected chi connectivity index (χ1v) is 38.4. The number of aromatic nitrogens is 16. The Morgan fingerprint density at radius 1 is 0.453 bits per heavy atom. The van der Waals surface area contributed by atoms with Gasteiger partial charge < -0.3 is 43.9 Å². The molecular weight excluding hydrogens is 1510 g/mol. The quantitative estimate of drug-likeness (QED) is 0.0600. The number of pyridine rings is 4. The molecule has 29 heteroatoms. The summed E-state index contributed by atoms with van der Waals surface area (Å²) in [6, 6.07) is 54.7. The van der Waals surface area contributed by atoms with E-state index in [1.54, 1.807) is 98.2 Å². The van der Waals surface area contributed by atoms with Gasteiger partial charge in [-0.3, -0.25) is 14.7 Å². The molecule has 0 bridgehead atoms. The maximum Gasteiger partial charge on any atom is 0.573 e. The van der Waals surface area contributed by atoms with E-state index < -0.39 is 16.4 Å². The Bertz CT molecular complexity index is 6690. The zero-order valence-electron chi connectivity index (χ0n) is 63.5. The zero-order chi connectivity index (χ0) is 80.9. The number of H-pyrrole nitrogens is 5. The van der Waals surface area contributed by atoms with Gasteiger partial charge in [0.25, 0.3) is 10.0 Å². The van der Waals surface area contributed by atoms with Gasteiger partial charge in [-0.2, -0.15) is 32.9 Å². The Hall–Kier alpha value is -15.0. The van der Waals surface area contributed by atoms with Crippen molar-refractivity contribution in [2.45, 2.75) is 31.0 Å². The van der Waals surface area contributed by atoms with E-state index >= 15 is 0 Å². The second kappa shape index (κ2) is 32.6. The van der Waals surface area contributed by atoms with Crippen LogP contribution in [0.4, 0.5) is 24.5 Å². The molecule has 13 heterocycles. The topological polar surface area (TPSA) is 299 Å². The van der Waals surface area contributed by atoms with E-state index in [-0.39, 0.29) is 22.5 Å². The molecule has 0 atom stereocenters. The summed E-state index contributed by atoms with van der Waals surface area (Å²) in [5, 5.41) is 23.0. The van der Waals surface area contributed by atoms with Gasteiger partial charge in [-0.15, -0.1) is 13.2 Å². The lowest BCUT2D eigenvalue weighted by atomic mass is 10.0. The van der Waals surface area contributed by atoms with Crippen LogP contribution < -0.4 is 24.0 Å². The number of fused-ring (bicyclic) bond motifs is 5. The number of aryl methyl sites for hydroxylation is 1. The fourth-order valence-electron chi connectivity index (χ4n) is 13.5. The number of carbonyl (C=O) groups is 2. The number of hydrogen-bond acceptors (Lipinski definition) is 17. The maximum atomic E-state index is 12.9. The van der Waals surface area contributed by atoms with Crippen LogP contribution in [-0.4, -0.2) is 147 Å². The van der Waals surface area contributed by atoms with Crippen LogP contribution in [-0.2, 0) is 16.4 Å². The predicted molar refractivity (Wildman–Crippen MR) is 444 cm³/mol. The first-order valence-electron chi connectivity index (χ1n) is 36.9. The molecule has 18 aromatic rings. The molecular formula is C88H73F3N18O7S. The highest BCUT2D eigenvalue weighted by Crippen LogP contribution is 2.39. The number of benzene rings is 6. The SMILES string of the molecule is CC(=O)n1cc(-c2c[nH]c3ncc(-c4ccc(N(C)C)cc4)cc23)cn1.CN(C)c1ccc(-c2cnc3[nH]cc(-c4cnn(C(=O)CCc5ccccc5)c4)c3c2)cc1.FC(F)(F)Oc1ccc(-c2cnc3[nH]cc(-c4cn[nH]c4)c3c2)cc1.O=S(=O)(c1ccccc1)n1cc(-c2c[nH]c3ncc(-c4ccc5c(c4)OCCO5)cc23)cn1. The number of nitrogens with zero attached hydrogens (tertiary/aromatic N) is 13. The van der Waals surface area contributed by atoms with Crippen molar-refractivity contribution in [1.29, 1.82) is 0 Å². The summed E-state index contributed by atoms with van der Waals surface area (Å²) in [7, 11) is 4.34. The van der Waals surface area contributed by atoms with Crippen molar-refractivity contribution in [3.8, 4) is 106 Å². The first-order chi connectivity index (χ1) is 56.7. The third kappa shape index (κ3) is 16.8. The number of nitrogens with one attached hydrogen (secondary N) is 5. The molecule has 5 N–H and O–H groups in total. The summed E-state index contributed by atoms with van der Waals surface area (Å²) in [5.74, 6) is 1.04. The predicted octanol–water partition coefficient (Wildman–Crippen LogP) is 17.9. The molecule has 0 spiro atoms. The standard InChI is InChI=1S/C27H25N5O.C24H18N4O4S.C20H19N5O.C17H11F3N4O/c1-31(2)23-11-9-20(10-12-23)21-14-24-25(17-29-27(24)28-15-21)22-16-30-32(18-22)26(33)13-8-19-6-4-3-5-7-19;29-33(30,19-4-2-1-3-5-19)28-15-18(13-27-28)21-14-26-24-20(21)10-17(12-25-24)16-6-7-22-23(11-16)32-9-8-31-22;1-13(26)25-12-16(10-23-25)19-11-22-20-18(19)8-15(9-21-20)14-4-6-17(7-5-14)24(2)3;18-17(19,20)25-13-3-1-10(2-4-13)11-5-14-15(12-7-23-24-8-12)9-22-16(14)21-6-11/h3-7,9-12,14-18H,8,13H2,1-2H3,(H,28,29);1-7,10-15H,8-9H2,(H,25,26);4-12H,1-3H3,(H,21,22);1-9H,(H,21,22)(H,23,24). The van der Waals surface area contributed by atoms with Crippen LogP contribution in [0.25, 0.3) is 133 Å². The summed E-state index contributed by atoms with van der Waals surface area (Å²) >= 11 is 0. The van der Waals surface area contributed by atoms with Crippen molar-refractivity contribution < 1.29 is 45.4 Å². The zero-order valence-corrected chi connectivity index (χ0v) is 64.3. The lowest BCUT2D eigenvalue weighted by Crippen LogP contribution is -2.16. The Labute approximate surface area is 667 Å². The molecule has 0 unspecified atom stereocenters. The van der Waals surface area contributed by atoms with E-state index in [9.17, 15) is 31.2 Å². The summed E-state index contributed by atoms with van der Waals surface area (Å²) < 4.78 is 81.5. The van der Waals surface area contributed by atoms with Gasteiger partial charge in [0.1, 0.15) is 41.6 Å². The maximum absolute atomic E-state index is 12.9. The number of rotatable bonds is 16. The lowest BCUT2D eigenvalue weighted by molar-refractivity contribution is -0.274. The minimum absolute atomic E-state index is 0.0234. The molecule has 12 aromatic heterocycles. The summed E-state index contributed by atoms with van der Waals surface area (Å²) in [5.41, 5.74) is 21.2. The molecule has 0 aliphatic carbocycles. The number of aromatic amines is 5. The second-order valence-corrected chi connectivity index (χ2v) is 29.6. The van der Waals surface area contributed by atoms with Gasteiger partial charge in [-0.25, -0.2) is 29.3 Å². The minimum atomic E-state index is -4.70. The van der Waals surface area contributed by atoms with Crippen molar-refractivity contribution in [1.82, 2.24) is 78.8 Å². The van der Waals surface area contributed by atoms with Crippen LogP contribution in [0, 0.1) is 0 Å². The Balaban J connectivity index is 0.000000118. The fourth-order valence-corrected chi connectivity index (χ4v) is 14.6. The molecule has 0 fully saturated rings. The summed E-state index contributed by atoms with van der Waals surface area (Å²) in [6.07, 6.45) is 24.6. The van der Waals surface area contributed by atoms with Crippen LogP contribution in [0.15, 0.2) is 280 Å². The minimum Gasteiger partial charge on any atom is -0.486 e. The van der Waals surface area contributed by atoms with Gasteiger partial charge in [0, 0.05) is 209 Å². The average Bonchev–Trinajstić information content (AvgIpc) is 1.61. The van der Waals surface area contributed by atoms with Crippen LogP contribution >= 0.6 is 0 Å². The molecule has 25 nitrogen and oxygen atoms in total. The van der Waals surface area contributed by atoms with E-state index in [0.29, 0.717) is 43.0 Å². The van der Waals surface area contributed by atoms with Crippen LogP contribution in [0.1, 0.15) is 28.5 Å². The number of carbonyl (C=O) groups excluding carboxylic acids is 2. The van der Waals surface area contributed by atoms with Gasteiger partial charge in [0.05, 0.1) is 35.9 Å². The molecule has 0 radical (unpaired) electrons. The smallest absolute Gasteiger partial charge is 0.486 e. The van der Waals surface area contributed by atoms with E-state index in [0.717, 1.165) is 149 Å². The highest BCUT2D eigenvalue weighted by molar-refractivity contribution is 7.89. The Morgan fingerprint density at radius 3 is 1.34 bits per heavy atom. The van der Waals surface area contributed by atoms with Crippen LogP contribution in [0.3, 0.4) is 0 Å². The molecule has 0 amide bonds. The number of hydrogen-bond donors (Lipinski definition) is 5. The number of anilines is 2. The Kier molecular flexibility index (Phi) is 21.2. The van der Waals surface area contributed by atoms with E-state index in [1.165, 1.54) is 34.6 Å². The first kappa shape index (κ1) is 76.0. The number of halogens is 3.